The van der Waals surface area contributed by atoms with E-state index in [4.69, 9.17) is 0 Å². The summed E-state index contributed by atoms with van der Waals surface area (Å²) in [4.78, 5) is 1.02. The molecule has 0 amide bonds. The Morgan fingerprint density at radius 2 is 2.11 bits per heavy atom. The average molecular weight is 265 g/mol. The summed E-state index contributed by atoms with van der Waals surface area (Å²) in [6.45, 7) is 2.16. The maximum atomic E-state index is 12.2. The zero-order valence-corrected chi connectivity index (χ0v) is 12.2. The van der Waals surface area contributed by atoms with Crippen LogP contribution in [0.4, 0.5) is 0 Å². The molecule has 1 aliphatic rings. The molecule has 2 atom stereocenters. The number of aryl methyl sites for hydroxylation is 2. The van der Waals surface area contributed by atoms with Gasteiger partial charge in [0.2, 0.25) is 0 Å². The lowest BCUT2D eigenvalue weighted by Gasteiger charge is -2.09. The van der Waals surface area contributed by atoms with Crippen LogP contribution in [0.3, 0.4) is 0 Å². The lowest BCUT2D eigenvalue weighted by molar-refractivity contribution is 0.557. The molecule has 1 aromatic rings. The third kappa shape index (κ3) is 3.42. The minimum atomic E-state index is -0.822. The standard InChI is InChI=1S/C15H23NOS/c1-12(16-2)5-4-10-18(17)15-9-8-13-6-3-7-14(13)11-15/h8-9,11-12,16H,3-7,10H2,1-2H3. The molecule has 1 N–H and O–H groups in total. The molecule has 0 fully saturated rings. The highest BCUT2D eigenvalue weighted by atomic mass is 32.2. The molecule has 0 aliphatic heterocycles. The highest BCUT2D eigenvalue weighted by Crippen LogP contribution is 2.24. The first-order chi connectivity index (χ1) is 8.70. The van der Waals surface area contributed by atoms with Gasteiger partial charge in [-0.2, -0.15) is 0 Å². The Morgan fingerprint density at radius 3 is 2.89 bits per heavy atom. The van der Waals surface area contributed by atoms with Crippen molar-refractivity contribution in [3.8, 4) is 0 Å². The quantitative estimate of drug-likeness (QED) is 0.857. The molecule has 100 valence electrons. The smallest absolute Gasteiger partial charge is 0.0529 e. The highest BCUT2D eigenvalue weighted by Gasteiger charge is 2.13. The summed E-state index contributed by atoms with van der Waals surface area (Å²) in [6.07, 6.45) is 5.73. The number of hydrogen-bond donors (Lipinski definition) is 1. The topological polar surface area (TPSA) is 29.1 Å². The summed E-state index contributed by atoms with van der Waals surface area (Å²) in [5.41, 5.74) is 2.88. The number of hydrogen-bond acceptors (Lipinski definition) is 2. The van der Waals surface area contributed by atoms with Crippen LogP contribution in [0.1, 0.15) is 37.3 Å². The minimum Gasteiger partial charge on any atom is -0.317 e. The summed E-state index contributed by atoms with van der Waals surface area (Å²) < 4.78 is 12.2. The van der Waals surface area contributed by atoms with E-state index in [9.17, 15) is 4.21 Å². The molecule has 1 aromatic carbocycles. The molecule has 1 aliphatic carbocycles. The van der Waals surface area contributed by atoms with Gasteiger partial charge in [-0.05, 0) is 69.3 Å². The fraction of sp³-hybridized carbons (Fsp3) is 0.600. The van der Waals surface area contributed by atoms with Crippen LogP contribution < -0.4 is 5.32 Å². The van der Waals surface area contributed by atoms with Crippen molar-refractivity contribution in [2.24, 2.45) is 0 Å². The molecule has 0 spiro atoms. The van der Waals surface area contributed by atoms with E-state index < -0.39 is 10.8 Å². The molecule has 0 saturated heterocycles. The second-order valence-corrected chi connectivity index (χ2v) is 6.74. The molecular formula is C15H23NOS. The monoisotopic (exact) mass is 265 g/mol. The van der Waals surface area contributed by atoms with Crippen molar-refractivity contribution in [1.29, 1.82) is 0 Å². The van der Waals surface area contributed by atoms with Gasteiger partial charge < -0.3 is 5.32 Å². The van der Waals surface area contributed by atoms with E-state index >= 15 is 0 Å². The third-order valence-corrected chi connectivity index (χ3v) is 5.23. The molecule has 2 nitrogen and oxygen atoms in total. The van der Waals surface area contributed by atoms with Gasteiger partial charge in [0.05, 0.1) is 10.8 Å². The lowest BCUT2D eigenvalue weighted by Crippen LogP contribution is -2.21. The minimum absolute atomic E-state index is 0.516. The zero-order chi connectivity index (χ0) is 13.0. The Balaban J connectivity index is 1.89. The largest absolute Gasteiger partial charge is 0.317 e. The van der Waals surface area contributed by atoms with Crippen LogP contribution >= 0.6 is 0 Å². The molecule has 18 heavy (non-hydrogen) atoms. The normalized spacial score (nSPS) is 17.4. The van der Waals surface area contributed by atoms with Crippen molar-refractivity contribution in [1.82, 2.24) is 5.32 Å². The molecule has 3 heteroatoms. The van der Waals surface area contributed by atoms with Crippen molar-refractivity contribution in [3.05, 3.63) is 29.3 Å². The van der Waals surface area contributed by atoms with Crippen LogP contribution in [0.15, 0.2) is 23.1 Å². The van der Waals surface area contributed by atoms with E-state index in [1.807, 2.05) is 7.05 Å². The maximum absolute atomic E-state index is 12.2. The average Bonchev–Trinajstić information content (AvgIpc) is 2.85. The van der Waals surface area contributed by atoms with E-state index in [1.54, 1.807) is 0 Å². The summed E-state index contributed by atoms with van der Waals surface area (Å²) in [5, 5.41) is 3.21. The van der Waals surface area contributed by atoms with Gasteiger partial charge in [0.25, 0.3) is 0 Å². The van der Waals surface area contributed by atoms with Gasteiger partial charge in [0, 0.05) is 16.7 Å². The molecule has 0 heterocycles. The molecule has 0 radical (unpaired) electrons. The predicted molar refractivity (Wildman–Crippen MR) is 77.5 cm³/mol. The Hall–Kier alpha value is -0.670. The SMILES string of the molecule is CNC(C)CCCS(=O)c1ccc2c(c1)CCC2. The van der Waals surface area contributed by atoms with Crippen molar-refractivity contribution in [3.63, 3.8) is 0 Å². The van der Waals surface area contributed by atoms with Gasteiger partial charge in [0.1, 0.15) is 0 Å². The van der Waals surface area contributed by atoms with Gasteiger partial charge in [0.15, 0.2) is 0 Å². The fourth-order valence-electron chi connectivity index (χ4n) is 2.47. The van der Waals surface area contributed by atoms with Gasteiger partial charge in [-0.3, -0.25) is 4.21 Å². The summed E-state index contributed by atoms with van der Waals surface area (Å²) in [7, 11) is 1.15. The maximum Gasteiger partial charge on any atom is 0.0529 e. The highest BCUT2D eigenvalue weighted by molar-refractivity contribution is 7.85. The molecule has 0 saturated carbocycles. The summed E-state index contributed by atoms with van der Waals surface area (Å²) in [6, 6.07) is 6.91. The van der Waals surface area contributed by atoms with E-state index in [-0.39, 0.29) is 0 Å². The first-order valence-electron chi connectivity index (χ1n) is 6.88. The number of benzene rings is 1. The van der Waals surface area contributed by atoms with Crippen molar-refractivity contribution in [2.75, 3.05) is 12.8 Å². The number of rotatable bonds is 6. The summed E-state index contributed by atoms with van der Waals surface area (Å²) in [5.74, 6) is 0.783. The zero-order valence-electron chi connectivity index (χ0n) is 11.4. The predicted octanol–water partition coefficient (Wildman–Crippen LogP) is 2.67. The Labute approximate surface area is 113 Å². The van der Waals surface area contributed by atoms with Crippen molar-refractivity contribution >= 4 is 10.8 Å². The van der Waals surface area contributed by atoms with E-state index in [0.717, 1.165) is 29.9 Å². The van der Waals surface area contributed by atoms with Gasteiger partial charge in [-0.1, -0.05) is 6.07 Å². The second-order valence-electron chi connectivity index (χ2n) is 5.17. The van der Waals surface area contributed by atoms with Crippen molar-refractivity contribution in [2.45, 2.75) is 50.0 Å². The first-order valence-corrected chi connectivity index (χ1v) is 8.20. The number of fused-ring (bicyclic) bond motifs is 1. The Kier molecular flexibility index (Phi) is 4.95. The van der Waals surface area contributed by atoms with Crippen LogP contribution in [-0.2, 0) is 23.6 Å². The molecule has 2 unspecified atom stereocenters. The Morgan fingerprint density at radius 1 is 1.33 bits per heavy atom. The molecule has 2 rings (SSSR count). The summed E-state index contributed by atoms with van der Waals surface area (Å²) >= 11 is 0. The van der Waals surface area contributed by atoms with Crippen LogP contribution in [0.2, 0.25) is 0 Å². The van der Waals surface area contributed by atoms with Crippen LogP contribution in [0.25, 0.3) is 0 Å². The lowest BCUT2D eigenvalue weighted by atomic mass is 10.1. The number of nitrogens with one attached hydrogen (secondary N) is 1. The Bertz CT molecular complexity index is 431. The molecule has 0 bridgehead atoms. The van der Waals surface area contributed by atoms with Crippen LogP contribution in [-0.4, -0.2) is 23.1 Å². The van der Waals surface area contributed by atoms with Crippen molar-refractivity contribution < 1.29 is 4.21 Å². The molecule has 0 aromatic heterocycles. The van der Waals surface area contributed by atoms with Gasteiger partial charge in [-0.15, -0.1) is 0 Å². The van der Waals surface area contributed by atoms with Gasteiger partial charge >= 0.3 is 0 Å². The van der Waals surface area contributed by atoms with E-state index in [0.29, 0.717) is 6.04 Å². The fourth-order valence-corrected chi connectivity index (χ4v) is 3.63. The van der Waals surface area contributed by atoms with Crippen LogP contribution in [0, 0.1) is 0 Å². The molecular weight excluding hydrogens is 242 g/mol. The second kappa shape index (κ2) is 6.48. The third-order valence-electron chi connectivity index (χ3n) is 3.79. The van der Waals surface area contributed by atoms with Crippen LogP contribution in [0.5, 0.6) is 0 Å². The van der Waals surface area contributed by atoms with E-state index in [1.165, 1.54) is 24.0 Å². The first kappa shape index (κ1) is 13.8. The van der Waals surface area contributed by atoms with E-state index in [2.05, 4.69) is 30.4 Å². The van der Waals surface area contributed by atoms with Gasteiger partial charge in [-0.25, -0.2) is 0 Å².